The summed E-state index contributed by atoms with van der Waals surface area (Å²) in [6, 6.07) is 17.3. The number of anilines is 1. The number of benzene rings is 3. The lowest BCUT2D eigenvalue weighted by molar-refractivity contribution is -0.137. The molecule has 1 aliphatic rings. The molecule has 0 amide bonds. The summed E-state index contributed by atoms with van der Waals surface area (Å²) in [6.07, 6.45) is -3.62. The highest BCUT2D eigenvalue weighted by Crippen LogP contribution is 2.37. The fraction of sp³-hybridized carbons (Fsp3) is 0.0870. The van der Waals surface area contributed by atoms with Crippen LogP contribution in [-0.4, -0.2) is 5.11 Å². The Kier molecular flexibility index (Phi) is 5.64. The van der Waals surface area contributed by atoms with E-state index in [1.807, 2.05) is 18.2 Å². The Morgan fingerprint density at radius 3 is 2.45 bits per heavy atom. The number of hydrogen-bond acceptors (Lipinski definition) is 2. The monoisotopic (exact) mass is 459 g/mol. The zero-order valence-electron chi connectivity index (χ0n) is 16.1. The molecule has 3 aromatic carbocycles. The van der Waals surface area contributed by atoms with Crippen molar-refractivity contribution in [2.24, 2.45) is 0 Å². The lowest BCUT2D eigenvalue weighted by Crippen LogP contribution is -2.38. The summed E-state index contributed by atoms with van der Waals surface area (Å²) in [5.41, 5.74) is 11.2. The Morgan fingerprint density at radius 2 is 1.68 bits per heavy atom. The Bertz CT molecular complexity index is 1190. The number of rotatable bonds is 4. The van der Waals surface area contributed by atoms with Gasteiger partial charge in [0.15, 0.2) is 5.11 Å². The summed E-state index contributed by atoms with van der Waals surface area (Å²) in [5, 5.41) is 2.84. The van der Waals surface area contributed by atoms with Crippen molar-refractivity contribution in [2.45, 2.75) is 12.6 Å². The van der Waals surface area contributed by atoms with Crippen molar-refractivity contribution in [1.82, 2.24) is 10.9 Å². The summed E-state index contributed by atoms with van der Waals surface area (Å²) in [7, 11) is 0. The lowest BCUT2D eigenvalue weighted by atomic mass is 10.0. The summed E-state index contributed by atoms with van der Waals surface area (Å²) in [5.74, 6) is 0. The van der Waals surface area contributed by atoms with Crippen molar-refractivity contribution in [1.29, 1.82) is 0 Å². The van der Waals surface area contributed by atoms with Gasteiger partial charge in [0, 0.05) is 0 Å². The van der Waals surface area contributed by atoms with E-state index in [-0.39, 0.29) is 15.8 Å². The smallest absolute Gasteiger partial charge is 0.330 e. The highest BCUT2D eigenvalue weighted by Gasteiger charge is 2.31. The van der Waals surface area contributed by atoms with E-state index < -0.39 is 11.7 Å². The molecule has 4 rings (SSSR count). The molecule has 0 saturated heterocycles. The molecule has 158 valence electrons. The van der Waals surface area contributed by atoms with Crippen LogP contribution in [0.5, 0.6) is 0 Å². The standard InChI is InChI=1S/C23H17ClF3N3S/c1-13(14-6-8-19-16(10-14)11-15-4-2-3-5-18(15)19)29-30-22(31)28-21-12-17(23(25,26)27)7-9-20(21)24/h2-10,12,29H,1,11H2,(H2,28,30,31). The molecular weight excluding hydrogens is 443 g/mol. The maximum Gasteiger partial charge on any atom is 0.416 e. The van der Waals surface area contributed by atoms with Gasteiger partial charge in [-0.3, -0.25) is 10.9 Å². The van der Waals surface area contributed by atoms with E-state index >= 15 is 0 Å². The Morgan fingerprint density at radius 1 is 0.935 bits per heavy atom. The Balaban J connectivity index is 1.40. The summed E-state index contributed by atoms with van der Waals surface area (Å²) >= 11 is 11.1. The highest BCUT2D eigenvalue weighted by molar-refractivity contribution is 7.80. The van der Waals surface area contributed by atoms with E-state index in [0.717, 1.165) is 24.1 Å². The molecule has 8 heteroatoms. The molecule has 0 unspecified atom stereocenters. The molecule has 0 atom stereocenters. The molecule has 3 aromatic rings. The summed E-state index contributed by atoms with van der Waals surface area (Å²) in [6.45, 7) is 4.01. The molecule has 0 aliphatic heterocycles. The van der Waals surface area contributed by atoms with E-state index in [4.69, 9.17) is 23.8 Å². The highest BCUT2D eigenvalue weighted by atomic mass is 35.5. The van der Waals surface area contributed by atoms with Gasteiger partial charge in [-0.25, -0.2) is 0 Å². The van der Waals surface area contributed by atoms with Gasteiger partial charge in [0.25, 0.3) is 0 Å². The van der Waals surface area contributed by atoms with Gasteiger partial charge in [0.2, 0.25) is 0 Å². The van der Waals surface area contributed by atoms with Crippen LogP contribution in [0.3, 0.4) is 0 Å². The van der Waals surface area contributed by atoms with Crippen LogP contribution >= 0.6 is 23.8 Å². The van der Waals surface area contributed by atoms with E-state index in [2.05, 4.69) is 47.0 Å². The van der Waals surface area contributed by atoms with Crippen molar-refractivity contribution >= 4 is 40.3 Å². The van der Waals surface area contributed by atoms with Crippen molar-refractivity contribution < 1.29 is 13.2 Å². The van der Waals surface area contributed by atoms with Crippen molar-refractivity contribution in [3.05, 3.63) is 94.5 Å². The van der Waals surface area contributed by atoms with E-state index in [9.17, 15) is 13.2 Å². The molecular formula is C23H17ClF3N3S. The van der Waals surface area contributed by atoms with Crippen LogP contribution in [0, 0.1) is 0 Å². The second-order valence-electron chi connectivity index (χ2n) is 7.08. The first kappa shape index (κ1) is 21.2. The fourth-order valence-corrected chi connectivity index (χ4v) is 3.81. The number of nitrogens with one attached hydrogen (secondary N) is 3. The first-order valence-corrected chi connectivity index (χ1v) is 10.1. The third-order valence-electron chi connectivity index (χ3n) is 5.01. The van der Waals surface area contributed by atoms with Gasteiger partial charge in [0.1, 0.15) is 0 Å². The molecule has 0 spiro atoms. The summed E-state index contributed by atoms with van der Waals surface area (Å²) < 4.78 is 38.8. The Hall–Kier alpha value is -3.03. The third-order valence-corrected chi connectivity index (χ3v) is 5.54. The molecule has 0 saturated carbocycles. The number of fused-ring (bicyclic) bond motifs is 3. The topological polar surface area (TPSA) is 36.1 Å². The molecule has 0 aromatic heterocycles. The van der Waals surface area contributed by atoms with Gasteiger partial charge < -0.3 is 5.32 Å². The first-order chi connectivity index (χ1) is 14.7. The minimum atomic E-state index is -4.48. The predicted octanol–water partition coefficient (Wildman–Crippen LogP) is 6.39. The van der Waals surface area contributed by atoms with Crippen LogP contribution in [0.2, 0.25) is 5.02 Å². The Labute approximate surface area is 187 Å². The predicted molar refractivity (Wildman–Crippen MR) is 123 cm³/mol. The van der Waals surface area contributed by atoms with Crippen LogP contribution in [0.25, 0.3) is 16.8 Å². The molecule has 0 bridgehead atoms. The van der Waals surface area contributed by atoms with Crippen LogP contribution in [0.1, 0.15) is 22.3 Å². The van der Waals surface area contributed by atoms with E-state index in [1.165, 1.54) is 28.3 Å². The zero-order valence-corrected chi connectivity index (χ0v) is 17.7. The SMILES string of the molecule is C=C(NNC(=S)Nc1cc(C(F)(F)F)ccc1Cl)c1ccc2c(c1)Cc1ccccc1-2. The van der Waals surface area contributed by atoms with Crippen LogP contribution in [-0.2, 0) is 12.6 Å². The van der Waals surface area contributed by atoms with Crippen molar-refractivity contribution in [2.75, 3.05) is 5.32 Å². The van der Waals surface area contributed by atoms with Crippen LogP contribution in [0.15, 0.2) is 67.2 Å². The van der Waals surface area contributed by atoms with Crippen LogP contribution in [0.4, 0.5) is 18.9 Å². The zero-order chi connectivity index (χ0) is 22.2. The number of halogens is 4. The number of hydrazine groups is 1. The maximum absolute atomic E-state index is 12.9. The second-order valence-corrected chi connectivity index (χ2v) is 7.90. The van der Waals surface area contributed by atoms with Crippen molar-refractivity contribution in [3.8, 4) is 11.1 Å². The molecule has 0 fully saturated rings. The molecule has 0 radical (unpaired) electrons. The van der Waals surface area contributed by atoms with Crippen molar-refractivity contribution in [3.63, 3.8) is 0 Å². The van der Waals surface area contributed by atoms with Gasteiger partial charge in [-0.15, -0.1) is 0 Å². The van der Waals surface area contributed by atoms with E-state index in [1.54, 1.807) is 0 Å². The van der Waals surface area contributed by atoms with E-state index in [0.29, 0.717) is 5.70 Å². The average Bonchev–Trinajstić information content (AvgIpc) is 3.10. The van der Waals surface area contributed by atoms with Gasteiger partial charge in [-0.1, -0.05) is 54.6 Å². The number of hydrogen-bond donors (Lipinski definition) is 3. The largest absolute Gasteiger partial charge is 0.416 e. The quantitative estimate of drug-likeness (QED) is 0.244. The normalized spacial score (nSPS) is 12.0. The lowest BCUT2D eigenvalue weighted by Gasteiger charge is -2.16. The van der Waals surface area contributed by atoms with Gasteiger partial charge in [0.05, 0.1) is 22.0 Å². The van der Waals surface area contributed by atoms with Gasteiger partial charge >= 0.3 is 6.18 Å². The number of alkyl halides is 3. The number of thiocarbonyl (C=S) groups is 1. The van der Waals surface area contributed by atoms with Gasteiger partial charge in [-0.05, 0) is 70.7 Å². The first-order valence-electron chi connectivity index (χ1n) is 9.32. The summed E-state index contributed by atoms with van der Waals surface area (Å²) in [4.78, 5) is 0. The minimum Gasteiger partial charge on any atom is -0.330 e. The molecule has 3 N–H and O–H groups in total. The van der Waals surface area contributed by atoms with Crippen LogP contribution < -0.4 is 16.2 Å². The molecule has 3 nitrogen and oxygen atoms in total. The molecule has 0 heterocycles. The third kappa shape index (κ3) is 4.52. The molecule has 1 aliphatic carbocycles. The average molecular weight is 460 g/mol. The minimum absolute atomic E-state index is 0.0518. The molecule has 31 heavy (non-hydrogen) atoms. The maximum atomic E-state index is 12.9. The van der Waals surface area contributed by atoms with Gasteiger partial charge in [-0.2, -0.15) is 13.2 Å². The fourth-order valence-electron chi connectivity index (χ4n) is 3.49. The second kappa shape index (κ2) is 8.24.